The zero-order chi connectivity index (χ0) is 32.6. The number of nitrogens with one attached hydrogen (secondary N) is 3. The molecule has 2 aromatic carbocycles. The molecule has 1 saturated heterocycles. The summed E-state index contributed by atoms with van der Waals surface area (Å²) in [5, 5.41) is 21.5. The Morgan fingerprint density at radius 1 is 1.09 bits per heavy atom. The van der Waals surface area contributed by atoms with Crippen LogP contribution in [-0.2, 0) is 19.2 Å². The number of benzene rings is 2. The Labute approximate surface area is 271 Å². The van der Waals surface area contributed by atoms with E-state index in [1.54, 1.807) is 67.2 Å². The summed E-state index contributed by atoms with van der Waals surface area (Å²) in [6, 6.07) is 13.0. The van der Waals surface area contributed by atoms with Crippen LogP contribution in [0.3, 0.4) is 0 Å². The van der Waals surface area contributed by atoms with Crippen molar-refractivity contribution in [3.05, 3.63) is 72.6 Å². The summed E-state index contributed by atoms with van der Waals surface area (Å²) < 4.78 is 5.77. The number of hydrogen-bond acceptors (Lipinski definition) is 9. The van der Waals surface area contributed by atoms with Gasteiger partial charge in [0.1, 0.15) is 17.8 Å². The Kier molecular flexibility index (Phi) is 11.7. The van der Waals surface area contributed by atoms with E-state index < -0.39 is 47.5 Å². The fraction of sp³-hybridized carbons (Fsp3) is 0.406. The van der Waals surface area contributed by atoms with Crippen LogP contribution in [0.15, 0.2) is 67.0 Å². The Bertz CT molecular complexity index is 1500. The number of hydrogen-bond donors (Lipinski definition) is 4. The van der Waals surface area contributed by atoms with E-state index in [0.29, 0.717) is 17.1 Å². The number of fused-ring (bicyclic) bond motifs is 1. The molecule has 240 valence electrons. The smallest absolute Gasteiger partial charge is 0.258 e. The van der Waals surface area contributed by atoms with Gasteiger partial charge < -0.3 is 30.7 Å². The third-order valence-electron chi connectivity index (χ3n) is 6.98. The predicted molar refractivity (Wildman–Crippen MR) is 177 cm³/mol. The highest BCUT2D eigenvalue weighted by atomic mass is 32.2. The largest absolute Gasteiger partial charge is 0.483 e. The van der Waals surface area contributed by atoms with Crippen LogP contribution in [0, 0.1) is 0 Å². The molecule has 0 spiro atoms. The van der Waals surface area contributed by atoms with Crippen LogP contribution in [-0.4, -0.2) is 92.6 Å². The lowest BCUT2D eigenvalue weighted by atomic mass is 9.99. The first-order chi connectivity index (χ1) is 21.5. The lowest BCUT2D eigenvalue weighted by Crippen LogP contribution is -2.56. The molecule has 11 nitrogen and oxygen atoms in total. The fourth-order valence-corrected chi connectivity index (χ4v) is 6.58. The molecule has 0 radical (unpaired) electrons. The van der Waals surface area contributed by atoms with Gasteiger partial charge in [0, 0.05) is 40.2 Å². The van der Waals surface area contributed by atoms with E-state index in [4.69, 9.17) is 4.74 Å². The van der Waals surface area contributed by atoms with Crippen LogP contribution in [0.2, 0.25) is 0 Å². The topological polar surface area (TPSA) is 150 Å². The second-order valence-corrected chi connectivity index (χ2v) is 13.5. The summed E-state index contributed by atoms with van der Waals surface area (Å²) in [5.41, 5.74) is 0.00377. The molecular formula is C32H39N5O6S2. The van der Waals surface area contributed by atoms with Crippen LogP contribution in [0.1, 0.15) is 32.4 Å². The highest BCUT2D eigenvalue weighted by Gasteiger charge is 2.41. The van der Waals surface area contributed by atoms with Gasteiger partial charge >= 0.3 is 0 Å². The van der Waals surface area contributed by atoms with Crippen molar-refractivity contribution in [2.24, 2.45) is 0 Å². The maximum Gasteiger partial charge on any atom is 0.258 e. The minimum Gasteiger partial charge on any atom is -0.483 e. The number of carbonyl (C=O) groups excluding carboxylic acids is 4. The van der Waals surface area contributed by atoms with Crippen molar-refractivity contribution >= 4 is 57.9 Å². The molecule has 1 fully saturated rings. The molecule has 13 heteroatoms. The van der Waals surface area contributed by atoms with E-state index in [0.717, 1.165) is 10.8 Å². The standard InChI is InChI=1S/C32H39N5O6S2/c1-32(2,3)36-30(41)24-18-45-19-37(24)31(42)28(39)27(20-9-6-5-7-10-20)35-29(40)23(17-44-4)34-26(38)16-43-25-12-8-11-21-15-33-14-13-22(21)25/h5-15,23-24,27-28,39H,16-19H2,1-4H3,(H,34,38)(H,35,40)(H,36,41)/t23-,24-,27-,28-/m0/s1. The first-order valence-corrected chi connectivity index (χ1v) is 17.0. The summed E-state index contributed by atoms with van der Waals surface area (Å²) in [5.74, 6) is -0.700. The number of amides is 4. The molecule has 4 rings (SSSR count). The highest BCUT2D eigenvalue weighted by Crippen LogP contribution is 2.27. The van der Waals surface area contributed by atoms with Gasteiger partial charge in [0.15, 0.2) is 12.7 Å². The van der Waals surface area contributed by atoms with Crippen molar-refractivity contribution in [1.29, 1.82) is 0 Å². The van der Waals surface area contributed by atoms with Crippen LogP contribution in [0.5, 0.6) is 5.75 Å². The van der Waals surface area contributed by atoms with Crippen LogP contribution in [0.4, 0.5) is 0 Å². The zero-order valence-electron chi connectivity index (χ0n) is 25.7. The second kappa shape index (κ2) is 15.5. The number of nitrogens with zero attached hydrogens (tertiary/aromatic N) is 2. The monoisotopic (exact) mass is 653 g/mol. The van der Waals surface area contributed by atoms with Gasteiger partial charge in [-0.05, 0) is 44.7 Å². The van der Waals surface area contributed by atoms with Gasteiger partial charge in [-0.25, -0.2) is 0 Å². The van der Waals surface area contributed by atoms with Crippen molar-refractivity contribution in [2.45, 2.75) is 50.5 Å². The summed E-state index contributed by atoms with van der Waals surface area (Å²) >= 11 is 2.77. The molecule has 4 atom stereocenters. The lowest BCUT2D eigenvalue weighted by Gasteiger charge is -2.32. The summed E-state index contributed by atoms with van der Waals surface area (Å²) in [6.07, 6.45) is 3.45. The average molecular weight is 654 g/mol. The Balaban J connectivity index is 1.46. The van der Waals surface area contributed by atoms with Gasteiger partial charge in [0.05, 0.1) is 11.9 Å². The third kappa shape index (κ3) is 9.12. The van der Waals surface area contributed by atoms with E-state index in [1.807, 2.05) is 26.8 Å². The second-order valence-electron chi connectivity index (χ2n) is 11.6. The van der Waals surface area contributed by atoms with E-state index in [1.165, 1.54) is 28.4 Å². The number of aromatic nitrogens is 1. The lowest BCUT2D eigenvalue weighted by molar-refractivity contribution is -0.147. The van der Waals surface area contributed by atoms with Gasteiger partial charge in [-0.1, -0.05) is 42.5 Å². The number of aliphatic hydroxyl groups excluding tert-OH is 1. The predicted octanol–water partition coefficient (Wildman–Crippen LogP) is 2.50. The Morgan fingerprint density at radius 3 is 2.56 bits per heavy atom. The molecule has 0 saturated carbocycles. The van der Waals surface area contributed by atoms with Crippen molar-refractivity contribution in [1.82, 2.24) is 25.8 Å². The molecule has 1 aliphatic heterocycles. The SMILES string of the molecule is CSC[C@H](NC(=O)COc1cccc2cnccc12)C(=O)N[C@@H](c1ccccc1)[C@H](O)C(=O)N1CSC[C@H]1C(=O)NC(C)(C)C. The average Bonchev–Trinajstić information content (AvgIpc) is 3.52. The molecule has 0 bridgehead atoms. The first-order valence-electron chi connectivity index (χ1n) is 14.5. The first kappa shape index (κ1) is 34.1. The summed E-state index contributed by atoms with van der Waals surface area (Å²) in [4.78, 5) is 58.6. The minimum absolute atomic E-state index is 0.228. The van der Waals surface area contributed by atoms with Gasteiger partial charge in [-0.3, -0.25) is 24.2 Å². The van der Waals surface area contributed by atoms with Crippen LogP contribution < -0.4 is 20.7 Å². The maximum atomic E-state index is 13.6. The third-order valence-corrected chi connectivity index (χ3v) is 8.65. The quantitative estimate of drug-likeness (QED) is 0.231. The van der Waals surface area contributed by atoms with E-state index in [-0.39, 0.29) is 24.1 Å². The zero-order valence-corrected chi connectivity index (χ0v) is 27.3. The molecule has 2 heterocycles. The molecule has 45 heavy (non-hydrogen) atoms. The number of carbonyl (C=O) groups is 4. The van der Waals surface area contributed by atoms with Gasteiger partial charge in [0.2, 0.25) is 11.8 Å². The van der Waals surface area contributed by atoms with Crippen molar-refractivity contribution in [3.8, 4) is 5.75 Å². The highest BCUT2D eigenvalue weighted by molar-refractivity contribution is 7.99. The van der Waals surface area contributed by atoms with E-state index in [2.05, 4.69) is 20.9 Å². The van der Waals surface area contributed by atoms with Gasteiger partial charge in [-0.15, -0.1) is 11.8 Å². The molecule has 1 aliphatic rings. The normalized spacial score (nSPS) is 16.8. The molecule has 4 N–H and O–H groups in total. The number of aliphatic hydroxyl groups is 1. The maximum absolute atomic E-state index is 13.6. The molecule has 0 unspecified atom stereocenters. The number of pyridine rings is 1. The molecular weight excluding hydrogens is 615 g/mol. The van der Waals surface area contributed by atoms with Crippen molar-refractivity contribution in [3.63, 3.8) is 0 Å². The van der Waals surface area contributed by atoms with E-state index >= 15 is 0 Å². The number of rotatable bonds is 12. The van der Waals surface area contributed by atoms with Crippen molar-refractivity contribution < 1.29 is 29.0 Å². The Hall–Kier alpha value is -3.81. The molecule has 1 aromatic heterocycles. The number of ether oxygens (including phenoxy) is 1. The molecule has 4 amide bonds. The van der Waals surface area contributed by atoms with E-state index in [9.17, 15) is 24.3 Å². The minimum atomic E-state index is -1.69. The summed E-state index contributed by atoms with van der Waals surface area (Å²) in [6.45, 7) is 5.23. The van der Waals surface area contributed by atoms with Gasteiger partial charge in [0.25, 0.3) is 11.8 Å². The number of thioether (sulfide) groups is 2. The molecule has 3 aromatic rings. The fourth-order valence-electron chi connectivity index (χ4n) is 4.85. The Morgan fingerprint density at radius 2 is 1.84 bits per heavy atom. The van der Waals surface area contributed by atoms with Gasteiger partial charge in [-0.2, -0.15) is 11.8 Å². The molecule has 0 aliphatic carbocycles. The van der Waals surface area contributed by atoms with Crippen molar-refractivity contribution in [2.75, 3.05) is 30.2 Å². The summed E-state index contributed by atoms with van der Waals surface area (Å²) in [7, 11) is 0. The van der Waals surface area contributed by atoms with Crippen LogP contribution >= 0.6 is 23.5 Å². The van der Waals surface area contributed by atoms with Crippen LogP contribution in [0.25, 0.3) is 10.8 Å².